The molecule has 1 unspecified atom stereocenters. The third kappa shape index (κ3) is 6.58. The molecule has 3 N–H and O–H groups in total. The van der Waals surface area contributed by atoms with Gasteiger partial charge in [-0.1, -0.05) is 55.5 Å². The summed E-state index contributed by atoms with van der Waals surface area (Å²) in [6.07, 6.45) is 0.862. The highest BCUT2D eigenvalue weighted by molar-refractivity contribution is 5.95. The fourth-order valence-corrected chi connectivity index (χ4v) is 2.76. The van der Waals surface area contributed by atoms with Crippen LogP contribution in [-0.2, 0) is 20.8 Å². The first-order chi connectivity index (χ1) is 13.0. The van der Waals surface area contributed by atoms with Gasteiger partial charge in [-0.3, -0.25) is 14.4 Å². The number of benzene rings is 2. The van der Waals surface area contributed by atoms with Gasteiger partial charge in [0, 0.05) is 12.6 Å². The van der Waals surface area contributed by atoms with E-state index in [0.29, 0.717) is 0 Å². The van der Waals surface area contributed by atoms with Gasteiger partial charge in [0.25, 0.3) is 0 Å². The van der Waals surface area contributed by atoms with E-state index in [0.717, 1.165) is 23.2 Å². The zero-order valence-electron chi connectivity index (χ0n) is 15.6. The molecule has 3 amide bonds. The number of hydrogen-bond acceptors (Lipinski definition) is 3. The molecule has 2 aromatic carbocycles. The van der Waals surface area contributed by atoms with E-state index in [1.54, 1.807) is 0 Å². The summed E-state index contributed by atoms with van der Waals surface area (Å²) < 4.78 is 0. The Bertz CT molecular complexity index is 790. The topological polar surface area (TPSA) is 87.3 Å². The van der Waals surface area contributed by atoms with Gasteiger partial charge in [-0.25, -0.2) is 0 Å². The van der Waals surface area contributed by atoms with Gasteiger partial charge in [-0.05, 0) is 23.6 Å². The summed E-state index contributed by atoms with van der Waals surface area (Å²) >= 11 is 0. The first-order valence-corrected chi connectivity index (χ1v) is 8.96. The van der Waals surface area contributed by atoms with E-state index in [2.05, 4.69) is 16.0 Å². The summed E-state index contributed by atoms with van der Waals surface area (Å²) in [4.78, 5) is 35.8. The van der Waals surface area contributed by atoms with E-state index in [9.17, 15) is 14.4 Å². The average molecular weight is 367 g/mol. The molecule has 142 valence electrons. The van der Waals surface area contributed by atoms with E-state index in [-0.39, 0.29) is 30.7 Å². The van der Waals surface area contributed by atoms with Gasteiger partial charge >= 0.3 is 0 Å². The van der Waals surface area contributed by atoms with E-state index < -0.39 is 6.04 Å². The van der Waals surface area contributed by atoms with Crippen LogP contribution in [0, 0.1) is 0 Å². The van der Waals surface area contributed by atoms with Crippen LogP contribution in [0.15, 0.2) is 54.6 Å². The number of carbonyl (C=O) groups excluding carboxylic acids is 3. The Morgan fingerprint density at radius 3 is 2.26 bits per heavy atom. The number of anilines is 1. The van der Waals surface area contributed by atoms with Gasteiger partial charge in [0.05, 0.1) is 19.0 Å². The molecule has 0 fully saturated rings. The Labute approximate surface area is 159 Å². The van der Waals surface area contributed by atoms with E-state index in [1.807, 2.05) is 61.5 Å². The van der Waals surface area contributed by atoms with Crippen molar-refractivity contribution in [2.45, 2.75) is 32.7 Å². The monoisotopic (exact) mass is 367 g/mol. The van der Waals surface area contributed by atoms with Gasteiger partial charge in [-0.15, -0.1) is 0 Å². The highest BCUT2D eigenvalue weighted by Crippen LogP contribution is 2.17. The molecule has 0 saturated heterocycles. The summed E-state index contributed by atoms with van der Waals surface area (Å²) in [7, 11) is 0. The molecule has 0 radical (unpaired) electrons. The van der Waals surface area contributed by atoms with Crippen LogP contribution in [0.1, 0.15) is 37.4 Å². The van der Waals surface area contributed by atoms with Crippen molar-refractivity contribution in [1.82, 2.24) is 10.6 Å². The van der Waals surface area contributed by atoms with Gasteiger partial charge in [0.1, 0.15) is 0 Å². The molecule has 0 saturated carbocycles. The van der Waals surface area contributed by atoms with E-state index >= 15 is 0 Å². The Hall–Kier alpha value is -3.15. The maximum atomic E-state index is 12.2. The van der Waals surface area contributed by atoms with Crippen LogP contribution in [-0.4, -0.2) is 24.3 Å². The minimum Gasteiger partial charge on any atom is -0.349 e. The predicted octanol–water partition coefficient (Wildman–Crippen LogP) is 2.57. The number of nitrogens with one attached hydrogen (secondary N) is 3. The zero-order chi connectivity index (χ0) is 19.6. The number of rotatable bonds is 8. The zero-order valence-corrected chi connectivity index (χ0v) is 15.6. The molecule has 0 aliphatic heterocycles. The summed E-state index contributed by atoms with van der Waals surface area (Å²) in [5.41, 5.74) is 2.62. The quantitative estimate of drug-likeness (QED) is 0.670. The van der Waals surface area contributed by atoms with Gasteiger partial charge in [0.2, 0.25) is 17.7 Å². The molecule has 27 heavy (non-hydrogen) atoms. The molecular weight excluding hydrogens is 342 g/mol. The van der Waals surface area contributed by atoms with Crippen molar-refractivity contribution in [2.24, 2.45) is 0 Å². The molecule has 2 rings (SSSR count). The number of carbonyl (C=O) groups is 3. The number of hydrogen-bond donors (Lipinski definition) is 3. The van der Waals surface area contributed by atoms with Crippen molar-refractivity contribution in [2.75, 3.05) is 11.9 Å². The Balaban J connectivity index is 1.90. The van der Waals surface area contributed by atoms with Crippen LogP contribution >= 0.6 is 0 Å². The Morgan fingerprint density at radius 1 is 0.926 bits per heavy atom. The first kappa shape index (κ1) is 20.2. The Kier molecular flexibility index (Phi) is 7.55. The molecular formula is C21H25N3O3. The average Bonchev–Trinajstić information content (AvgIpc) is 2.66. The molecule has 0 spiro atoms. The third-order valence-electron chi connectivity index (χ3n) is 4.09. The van der Waals surface area contributed by atoms with Crippen molar-refractivity contribution in [3.8, 4) is 0 Å². The van der Waals surface area contributed by atoms with Crippen molar-refractivity contribution in [3.05, 3.63) is 65.7 Å². The lowest BCUT2D eigenvalue weighted by atomic mass is 10.0. The largest absolute Gasteiger partial charge is 0.349 e. The SMILES string of the molecule is CCc1ccccc1NC(=O)CNC(=O)CC(NC(C)=O)c1ccccc1. The molecule has 6 heteroatoms. The third-order valence-corrected chi connectivity index (χ3v) is 4.09. The Morgan fingerprint density at radius 2 is 1.59 bits per heavy atom. The number of para-hydroxylation sites is 1. The molecule has 0 aliphatic rings. The summed E-state index contributed by atoms with van der Waals surface area (Å²) in [5, 5.41) is 8.19. The molecule has 1 atom stereocenters. The van der Waals surface area contributed by atoms with Crippen molar-refractivity contribution in [1.29, 1.82) is 0 Å². The predicted molar refractivity (Wildman–Crippen MR) is 105 cm³/mol. The van der Waals surface area contributed by atoms with Crippen LogP contribution in [0.25, 0.3) is 0 Å². The van der Waals surface area contributed by atoms with Gasteiger partial charge in [0.15, 0.2) is 0 Å². The standard InChI is InChI=1S/C21H25N3O3/c1-3-16-9-7-8-12-18(16)24-21(27)14-22-20(26)13-19(23-15(2)25)17-10-5-4-6-11-17/h4-12,19H,3,13-14H2,1-2H3,(H,22,26)(H,23,25)(H,24,27). The first-order valence-electron chi connectivity index (χ1n) is 8.96. The van der Waals surface area contributed by atoms with Crippen molar-refractivity contribution >= 4 is 23.4 Å². The normalized spacial score (nSPS) is 11.3. The van der Waals surface area contributed by atoms with Crippen LogP contribution in [0.4, 0.5) is 5.69 Å². The second-order valence-electron chi connectivity index (χ2n) is 6.20. The molecule has 0 aliphatic carbocycles. The fraction of sp³-hybridized carbons (Fsp3) is 0.286. The van der Waals surface area contributed by atoms with E-state index in [4.69, 9.17) is 0 Å². The van der Waals surface area contributed by atoms with E-state index in [1.165, 1.54) is 6.92 Å². The van der Waals surface area contributed by atoms with Crippen LogP contribution in [0.3, 0.4) is 0 Å². The molecule has 6 nitrogen and oxygen atoms in total. The fourth-order valence-electron chi connectivity index (χ4n) is 2.76. The summed E-state index contributed by atoms with van der Waals surface area (Å²) in [6.45, 7) is 3.30. The summed E-state index contributed by atoms with van der Waals surface area (Å²) in [5.74, 6) is -0.817. The van der Waals surface area contributed by atoms with Gasteiger partial charge in [-0.2, -0.15) is 0 Å². The highest BCUT2D eigenvalue weighted by Gasteiger charge is 2.17. The second kappa shape index (κ2) is 10.1. The van der Waals surface area contributed by atoms with Crippen LogP contribution in [0.2, 0.25) is 0 Å². The molecule has 2 aromatic rings. The molecule has 0 bridgehead atoms. The maximum Gasteiger partial charge on any atom is 0.243 e. The van der Waals surface area contributed by atoms with Crippen LogP contribution in [0.5, 0.6) is 0 Å². The number of aryl methyl sites for hydroxylation is 1. The smallest absolute Gasteiger partial charge is 0.243 e. The minimum absolute atomic E-state index is 0.0580. The lowest BCUT2D eigenvalue weighted by Crippen LogP contribution is -2.36. The molecule has 0 aromatic heterocycles. The lowest BCUT2D eigenvalue weighted by Gasteiger charge is -2.18. The van der Waals surface area contributed by atoms with Gasteiger partial charge < -0.3 is 16.0 Å². The van der Waals surface area contributed by atoms with Crippen LogP contribution < -0.4 is 16.0 Å². The van der Waals surface area contributed by atoms with Crippen molar-refractivity contribution in [3.63, 3.8) is 0 Å². The summed E-state index contributed by atoms with van der Waals surface area (Å²) in [6, 6.07) is 16.4. The number of amides is 3. The van der Waals surface area contributed by atoms with Crippen molar-refractivity contribution < 1.29 is 14.4 Å². The lowest BCUT2D eigenvalue weighted by molar-refractivity contribution is -0.125. The molecule has 0 heterocycles. The maximum absolute atomic E-state index is 12.2. The minimum atomic E-state index is -0.437. The second-order valence-corrected chi connectivity index (χ2v) is 6.20. The highest BCUT2D eigenvalue weighted by atomic mass is 16.2.